The van der Waals surface area contributed by atoms with Crippen molar-refractivity contribution in [2.45, 2.75) is 45.6 Å². The third-order valence-corrected chi connectivity index (χ3v) is 13.0. The lowest BCUT2D eigenvalue weighted by molar-refractivity contribution is 0.353. The summed E-state index contributed by atoms with van der Waals surface area (Å²) in [6.07, 6.45) is 1.92. The molecule has 4 aromatic rings. The zero-order valence-electron chi connectivity index (χ0n) is 23.3. The largest absolute Gasteiger partial charge is 0.493 e. The van der Waals surface area contributed by atoms with E-state index in [9.17, 15) is 0 Å². The van der Waals surface area contributed by atoms with Gasteiger partial charge in [0.15, 0.2) is 11.5 Å². The summed E-state index contributed by atoms with van der Waals surface area (Å²) in [7, 11) is 0.809. The number of benzene rings is 4. The summed E-state index contributed by atoms with van der Waals surface area (Å²) in [6, 6.07) is 30.0. The van der Waals surface area contributed by atoms with Gasteiger partial charge in [0.1, 0.15) is 0 Å². The molecule has 0 unspecified atom stereocenters. The first-order valence-electron chi connectivity index (χ1n) is 13.4. The number of methoxy groups -OCH3 is 2. The van der Waals surface area contributed by atoms with Gasteiger partial charge in [0, 0.05) is 16.7 Å². The van der Waals surface area contributed by atoms with Gasteiger partial charge in [0.2, 0.25) is 8.07 Å². The summed E-state index contributed by atoms with van der Waals surface area (Å²) in [6.45, 7) is 9.34. The molecule has 1 atom stereocenters. The third kappa shape index (κ3) is 3.96. The molecule has 0 saturated carbocycles. The summed E-state index contributed by atoms with van der Waals surface area (Å²) in [4.78, 5) is 0. The van der Waals surface area contributed by atoms with Crippen molar-refractivity contribution in [2.24, 2.45) is 0 Å². The fourth-order valence-corrected chi connectivity index (χ4v) is 11.2. The highest BCUT2D eigenvalue weighted by Crippen LogP contribution is 2.52. The van der Waals surface area contributed by atoms with E-state index < -0.39 is 8.07 Å². The normalized spacial score (nSPS) is 15.7. The Bertz CT molecular complexity index is 1520. The van der Waals surface area contributed by atoms with E-state index in [1.807, 2.05) is 6.07 Å². The maximum absolute atomic E-state index is 6.25. The van der Waals surface area contributed by atoms with Crippen molar-refractivity contribution in [1.29, 1.82) is 0 Å². The number of hydrogen-bond acceptors (Lipinski definition) is 2. The van der Waals surface area contributed by atoms with Crippen LogP contribution >= 0.6 is 0 Å². The van der Waals surface area contributed by atoms with Crippen LogP contribution in [0.2, 0.25) is 5.04 Å². The third-order valence-electron chi connectivity index (χ3n) is 7.75. The Hall–Kier alpha value is -3.74. The Labute approximate surface area is 228 Å². The predicted octanol–water partition coefficient (Wildman–Crippen LogP) is 7.26. The van der Waals surface area contributed by atoms with Crippen molar-refractivity contribution in [2.75, 3.05) is 14.2 Å². The van der Waals surface area contributed by atoms with E-state index in [1.165, 1.54) is 27.1 Å². The van der Waals surface area contributed by atoms with E-state index in [-0.39, 0.29) is 5.04 Å². The van der Waals surface area contributed by atoms with Crippen molar-refractivity contribution in [3.63, 3.8) is 0 Å². The average Bonchev–Trinajstić information content (AvgIpc) is 3.24. The fraction of sp³-hybridized carbons (Fsp3) is 0.257. The van der Waals surface area contributed by atoms with Gasteiger partial charge in [-0.2, -0.15) is 0 Å². The van der Waals surface area contributed by atoms with Crippen LogP contribution in [0.5, 0.6) is 11.5 Å². The van der Waals surface area contributed by atoms with Crippen LogP contribution in [0.4, 0.5) is 0 Å². The molecule has 0 N–H and O–H groups in total. The maximum atomic E-state index is 6.25. The molecule has 0 bridgehead atoms. The molecule has 1 aliphatic heterocycles. The molecule has 4 aromatic carbocycles. The first-order chi connectivity index (χ1) is 18.4. The number of fused-ring (bicyclic) bond motifs is 3. The highest BCUT2D eigenvalue weighted by molar-refractivity contribution is 7.13. The smallest absolute Gasteiger partial charge is 0.206 e. The van der Waals surface area contributed by atoms with Crippen LogP contribution in [-0.2, 0) is 6.42 Å². The van der Waals surface area contributed by atoms with Crippen LogP contribution < -0.4 is 19.8 Å². The minimum absolute atomic E-state index is 0.0945. The van der Waals surface area contributed by atoms with Gasteiger partial charge in [-0.05, 0) is 50.7 Å². The van der Waals surface area contributed by atoms with Gasteiger partial charge in [-0.15, -0.1) is 5.54 Å². The molecular formula is C35H36O2Si. The van der Waals surface area contributed by atoms with E-state index in [2.05, 4.69) is 118 Å². The first kappa shape index (κ1) is 25.9. The molecule has 0 fully saturated rings. The van der Waals surface area contributed by atoms with E-state index >= 15 is 0 Å². The summed E-state index contributed by atoms with van der Waals surface area (Å²) < 4.78 is 12.4. The van der Waals surface area contributed by atoms with E-state index in [1.54, 1.807) is 14.2 Å². The molecule has 0 saturated heterocycles. The topological polar surface area (TPSA) is 18.5 Å². The van der Waals surface area contributed by atoms with Gasteiger partial charge < -0.3 is 9.47 Å². The van der Waals surface area contributed by atoms with Gasteiger partial charge >= 0.3 is 0 Å². The van der Waals surface area contributed by atoms with Crippen molar-refractivity contribution in [1.82, 2.24) is 0 Å². The summed E-state index contributed by atoms with van der Waals surface area (Å²) in [5, 5.41) is 2.65. The molecule has 2 nitrogen and oxygen atoms in total. The lowest BCUT2D eigenvalue weighted by atomic mass is 9.90. The highest BCUT2D eigenvalue weighted by Gasteiger charge is 2.56. The molecule has 0 aromatic heterocycles. The monoisotopic (exact) mass is 516 g/mol. The lowest BCUT2D eigenvalue weighted by Crippen LogP contribution is -2.61. The lowest BCUT2D eigenvalue weighted by Gasteiger charge is -2.39. The van der Waals surface area contributed by atoms with E-state index in [0.29, 0.717) is 0 Å². The average molecular weight is 517 g/mol. The summed E-state index contributed by atoms with van der Waals surface area (Å²) >= 11 is 0. The molecule has 5 rings (SSSR count). The first-order valence-corrected chi connectivity index (χ1v) is 15.4. The molecule has 0 spiro atoms. The number of hydrogen-bond donors (Lipinski definition) is 0. The van der Waals surface area contributed by atoms with Crippen LogP contribution in [-0.4, -0.2) is 22.3 Å². The second-order valence-electron chi connectivity index (χ2n) is 10.9. The Morgan fingerprint density at radius 3 is 1.95 bits per heavy atom. The Balaban J connectivity index is 2.04. The van der Waals surface area contributed by atoms with Crippen LogP contribution in [0.25, 0.3) is 22.3 Å². The van der Waals surface area contributed by atoms with Gasteiger partial charge in [-0.1, -0.05) is 113 Å². The second kappa shape index (κ2) is 10.2. The maximum Gasteiger partial charge on any atom is 0.206 e. The number of rotatable bonds is 5. The van der Waals surface area contributed by atoms with Crippen molar-refractivity contribution in [3.8, 4) is 45.2 Å². The van der Waals surface area contributed by atoms with Crippen LogP contribution in [0, 0.1) is 11.5 Å². The molecule has 3 heteroatoms. The highest BCUT2D eigenvalue weighted by atomic mass is 28.3. The van der Waals surface area contributed by atoms with E-state index in [0.717, 1.165) is 41.0 Å². The van der Waals surface area contributed by atoms with Crippen LogP contribution in [0.1, 0.15) is 45.2 Å². The zero-order chi connectivity index (χ0) is 26.9. The quantitative estimate of drug-likeness (QED) is 0.205. The van der Waals surface area contributed by atoms with E-state index in [4.69, 9.17) is 9.47 Å². The molecule has 0 amide bonds. The zero-order valence-corrected chi connectivity index (χ0v) is 24.3. The van der Waals surface area contributed by atoms with Gasteiger partial charge in [-0.3, -0.25) is 0 Å². The minimum atomic E-state index is -2.73. The van der Waals surface area contributed by atoms with Crippen LogP contribution in [0.15, 0.2) is 84.9 Å². The van der Waals surface area contributed by atoms with Gasteiger partial charge in [0.05, 0.1) is 14.2 Å². The second-order valence-corrected chi connectivity index (χ2v) is 15.2. The van der Waals surface area contributed by atoms with Gasteiger partial charge in [-0.25, -0.2) is 0 Å². The van der Waals surface area contributed by atoms with Crippen molar-refractivity contribution < 1.29 is 9.47 Å². The Kier molecular flexibility index (Phi) is 6.95. The molecule has 192 valence electrons. The Morgan fingerprint density at radius 1 is 0.737 bits per heavy atom. The molecule has 0 radical (unpaired) electrons. The summed E-state index contributed by atoms with van der Waals surface area (Å²) in [5.41, 5.74) is 11.2. The Morgan fingerprint density at radius 2 is 1.34 bits per heavy atom. The predicted molar refractivity (Wildman–Crippen MR) is 162 cm³/mol. The van der Waals surface area contributed by atoms with Crippen molar-refractivity contribution in [3.05, 3.63) is 96.1 Å². The minimum Gasteiger partial charge on any atom is -0.493 e. The molecular weight excluding hydrogens is 480 g/mol. The standard InChI is InChI=1S/C35H36O2Si/c1-7-16-28-31-27-21-14-15-22-29(27)38(35(2,3)4,24-23-25-17-10-8-11-18-25)34(31)30(26-19-12-9-13-20-26)33(37-6)32(28)36-5/h8-15,17-22H,7,16H2,1-6H3/t38-/m0/s1. The molecule has 38 heavy (non-hydrogen) atoms. The van der Waals surface area contributed by atoms with Crippen LogP contribution in [0.3, 0.4) is 0 Å². The SMILES string of the molecule is CCCc1c(OC)c(OC)c(-c2ccccc2)c2c1-c1ccccc1[Si@]2(C#Cc1ccccc1)C(C)(C)C. The molecule has 1 heterocycles. The number of ether oxygens (including phenoxy) is 2. The van der Waals surface area contributed by atoms with Crippen molar-refractivity contribution >= 4 is 18.4 Å². The molecule has 0 aliphatic carbocycles. The summed E-state index contributed by atoms with van der Waals surface area (Å²) in [5.74, 6) is 5.31. The fourth-order valence-electron chi connectivity index (χ4n) is 6.15. The molecule has 1 aliphatic rings. The van der Waals surface area contributed by atoms with Gasteiger partial charge in [0.25, 0.3) is 0 Å².